The fourth-order valence-corrected chi connectivity index (χ4v) is 2.09. The van der Waals surface area contributed by atoms with E-state index in [0.29, 0.717) is 11.3 Å². The smallest absolute Gasteiger partial charge is 0.273 e. The minimum absolute atomic E-state index is 0.129. The largest absolute Gasteiger partial charge is 0.328 e. The van der Waals surface area contributed by atoms with Crippen molar-refractivity contribution in [3.8, 4) is 5.69 Å². The Morgan fingerprint density at radius 2 is 1.68 bits per heavy atom. The lowest BCUT2D eigenvalue weighted by atomic mass is 10.1. The minimum atomic E-state index is -0.816. The number of nitrogens with zero attached hydrogens (tertiary/aromatic N) is 2. The van der Waals surface area contributed by atoms with Gasteiger partial charge in [-0.05, 0) is 25.1 Å². The fourth-order valence-electron chi connectivity index (χ4n) is 2.09. The van der Waals surface area contributed by atoms with E-state index in [-0.39, 0.29) is 5.57 Å². The molecule has 1 aromatic carbocycles. The van der Waals surface area contributed by atoms with E-state index < -0.39 is 17.8 Å². The van der Waals surface area contributed by atoms with Gasteiger partial charge in [0, 0.05) is 11.8 Å². The second-order valence-electron chi connectivity index (χ2n) is 4.75. The number of barbiturate groups is 1. The van der Waals surface area contributed by atoms with Crippen molar-refractivity contribution >= 4 is 23.9 Å². The van der Waals surface area contributed by atoms with Crippen molar-refractivity contribution in [2.75, 3.05) is 0 Å². The Labute approximate surface area is 125 Å². The number of benzene rings is 1. The summed E-state index contributed by atoms with van der Waals surface area (Å²) in [6.07, 6.45) is 3.13. The molecule has 0 atom stereocenters. The molecule has 1 aliphatic heterocycles. The van der Waals surface area contributed by atoms with Crippen LogP contribution in [0.1, 0.15) is 11.3 Å². The second-order valence-corrected chi connectivity index (χ2v) is 4.75. The molecule has 7 heteroatoms. The fraction of sp³-hybridized carbons (Fsp3) is 0.0667. The summed E-state index contributed by atoms with van der Waals surface area (Å²) in [4.78, 5) is 34.5. The van der Waals surface area contributed by atoms with E-state index in [1.54, 1.807) is 17.8 Å². The third kappa shape index (κ3) is 2.51. The monoisotopic (exact) mass is 296 g/mol. The molecule has 0 spiro atoms. The number of hydrogen-bond donors (Lipinski definition) is 2. The first-order valence-corrected chi connectivity index (χ1v) is 6.54. The molecule has 110 valence electrons. The number of imide groups is 2. The van der Waals surface area contributed by atoms with E-state index in [4.69, 9.17) is 0 Å². The van der Waals surface area contributed by atoms with Gasteiger partial charge in [0.15, 0.2) is 0 Å². The van der Waals surface area contributed by atoms with E-state index >= 15 is 0 Å². The molecule has 1 saturated heterocycles. The summed E-state index contributed by atoms with van der Waals surface area (Å²) in [6, 6.07) is 8.64. The van der Waals surface area contributed by atoms with Crippen LogP contribution in [-0.2, 0) is 9.59 Å². The van der Waals surface area contributed by atoms with E-state index in [1.807, 2.05) is 41.0 Å². The molecule has 0 bridgehead atoms. The summed E-state index contributed by atoms with van der Waals surface area (Å²) >= 11 is 0. The first-order chi connectivity index (χ1) is 10.5. The lowest BCUT2D eigenvalue weighted by Crippen LogP contribution is -2.51. The standard InChI is InChI=1S/C15H12N4O3/c1-9-10(7-12-13(20)16-15(22)17-14(12)21)8-19(18-9)11-5-3-2-4-6-11/h2-8H,1H3,(H2,16,17,20,21,22). The summed E-state index contributed by atoms with van der Waals surface area (Å²) in [7, 11) is 0. The van der Waals surface area contributed by atoms with Crippen molar-refractivity contribution in [1.29, 1.82) is 0 Å². The van der Waals surface area contributed by atoms with E-state index in [2.05, 4.69) is 5.10 Å². The molecule has 4 amide bonds. The van der Waals surface area contributed by atoms with Crippen LogP contribution in [0.15, 0.2) is 42.1 Å². The van der Waals surface area contributed by atoms with Gasteiger partial charge in [0.05, 0.1) is 11.4 Å². The number of hydrogen-bond acceptors (Lipinski definition) is 4. The molecule has 3 rings (SSSR count). The lowest BCUT2D eigenvalue weighted by molar-refractivity contribution is -0.123. The van der Waals surface area contributed by atoms with Gasteiger partial charge in [0.2, 0.25) is 0 Å². The maximum Gasteiger partial charge on any atom is 0.328 e. The zero-order valence-corrected chi connectivity index (χ0v) is 11.7. The normalized spacial score (nSPS) is 14.6. The first-order valence-electron chi connectivity index (χ1n) is 6.54. The van der Waals surface area contributed by atoms with E-state index in [9.17, 15) is 14.4 Å². The maximum atomic E-state index is 11.7. The van der Waals surface area contributed by atoms with Crippen molar-refractivity contribution in [2.24, 2.45) is 0 Å². The van der Waals surface area contributed by atoms with Crippen molar-refractivity contribution in [3.05, 3.63) is 53.4 Å². The number of nitrogens with one attached hydrogen (secondary N) is 2. The van der Waals surface area contributed by atoms with Gasteiger partial charge in [0.25, 0.3) is 11.8 Å². The number of para-hydroxylation sites is 1. The van der Waals surface area contributed by atoms with Crippen molar-refractivity contribution < 1.29 is 14.4 Å². The van der Waals surface area contributed by atoms with Crippen LogP contribution in [0.25, 0.3) is 11.8 Å². The molecule has 22 heavy (non-hydrogen) atoms. The van der Waals surface area contributed by atoms with Crippen LogP contribution < -0.4 is 10.6 Å². The average molecular weight is 296 g/mol. The second kappa shape index (κ2) is 5.28. The van der Waals surface area contributed by atoms with E-state index in [0.717, 1.165) is 5.69 Å². The van der Waals surface area contributed by atoms with E-state index in [1.165, 1.54) is 6.08 Å². The van der Waals surface area contributed by atoms with Gasteiger partial charge in [-0.3, -0.25) is 20.2 Å². The number of carbonyl (C=O) groups is 3. The molecule has 1 aliphatic rings. The lowest BCUT2D eigenvalue weighted by Gasteiger charge is -2.13. The highest BCUT2D eigenvalue weighted by Gasteiger charge is 2.28. The topological polar surface area (TPSA) is 93.1 Å². The summed E-state index contributed by atoms with van der Waals surface area (Å²) in [5.41, 5.74) is 2.02. The number of rotatable bonds is 2. The summed E-state index contributed by atoms with van der Waals surface area (Å²) in [6.45, 7) is 1.77. The summed E-state index contributed by atoms with van der Waals surface area (Å²) in [5, 5.41) is 8.42. The highest BCUT2D eigenvalue weighted by Crippen LogP contribution is 2.16. The SMILES string of the molecule is Cc1nn(-c2ccccc2)cc1C=C1C(=O)NC(=O)NC1=O. The highest BCUT2D eigenvalue weighted by atomic mass is 16.2. The molecular formula is C15H12N4O3. The van der Waals surface area contributed by atoms with Crippen LogP contribution in [-0.4, -0.2) is 27.6 Å². The average Bonchev–Trinajstić information content (AvgIpc) is 2.85. The van der Waals surface area contributed by atoms with Crippen molar-refractivity contribution in [3.63, 3.8) is 0 Å². The first kappa shape index (κ1) is 13.7. The zero-order chi connectivity index (χ0) is 15.7. The van der Waals surface area contributed by atoms with Crippen LogP contribution in [0.5, 0.6) is 0 Å². The quantitative estimate of drug-likeness (QED) is 0.637. The van der Waals surface area contributed by atoms with Crippen LogP contribution in [0.3, 0.4) is 0 Å². The van der Waals surface area contributed by atoms with Gasteiger partial charge in [0.1, 0.15) is 5.57 Å². The van der Waals surface area contributed by atoms with Crippen LogP contribution in [0.2, 0.25) is 0 Å². The number of aryl methyl sites for hydroxylation is 1. The van der Waals surface area contributed by atoms with Gasteiger partial charge in [-0.15, -0.1) is 0 Å². The Balaban J connectivity index is 1.98. The molecule has 2 heterocycles. The third-order valence-electron chi connectivity index (χ3n) is 3.20. The van der Waals surface area contributed by atoms with Gasteiger partial charge in [-0.25, -0.2) is 9.48 Å². The van der Waals surface area contributed by atoms with Crippen LogP contribution in [0.4, 0.5) is 4.79 Å². The molecule has 1 fully saturated rings. The molecule has 1 aromatic heterocycles. The molecule has 0 radical (unpaired) electrons. The Hall–Kier alpha value is -3.22. The minimum Gasteiger partial charge on any atom is -0.273 e. The molecule has 2 N–H and O–H groups in total. The zero-order valence-electron chi connectivity index (χ0n) is 11.7. The van der Waals surface area contributed by atoms with Crippen LogP contribution in [0, 0.1) is 6.92 Å². The molecule has 2 aromatic rings. The summed E-state index contributed by atoms with van der Waals surface area (Å²) in [5.74, 6) is -1.44. The molecular weight excluding hydrogens is 284 g/mol. The summed E-state index contributed by atoms with van der Waals surface area (Å²) < 4.78 is 1.66. The maximum absolute atomic E-state index is 11.7. The van der Waals surface area contributed by atoms with Gasteiger partial charge >= 0.3 is 6.03 Å². The van der Waals surface area contributed by atoms with Crippen LogP contribution >= 0.6 is 0 Å². The van der Waals surface area contributed by atoms with Gasteiger partial charge in [-0.2, -0.15) is 5.10 Å². The molecule has 7 nitrogen and oxygen atoms in total. The van der Waals surface area contributed by atoms with Gasteiger partial charge < -0.3 is 0 Å². The molecule has 0 unspecified atom stereocenters. The van der Waals surface area contributed by atoms with Crippen molar-refractivity contribution in [2.45, 2.75) is 6.92 Å². The molecule has 0 aliphatic carbocycles. The number of aromatic nitrogens is 2. The predicted molar refractivity (Wildman–Crippen MR) is 78.0 cm³/mol. The molecule has 0 saturated carbocycles. The van der Waals surface area contributed by atoms with Crippen molar-refractivity contribution in [1.82, 2.24) is 20.4 Å². The number of urea groups is 1. The number of amides is 4. The third-order valence-corrected chi connectivity index (χ3v) is 3.20. The highest BCUT2D eigenvalue weighted by molar-refractivity contribution is 6.31. The Kier molecular flexibility index (Phi) is 3.30. The Morgan fingerprint density at radius 1 is 1.05 bits per heavy atom. The Morgan fingerprint density at radius 3 is 2.32 bits per heavy atom. The number of carbonyl (C=O) groups excluding carboxylic acids is 3. The Bertz CT molecular complexity index is 783. The predicted octanol–water partition coefficient (Wildman–Crippen LogP) is 0.930. The van der Waals surface area contributed by atoms with Gasteiger partial charge in [-0.1, -0.05) is 18.2 Å².